The number of aryl methyl sites for hydroxylation is 1. The maximum atomic E-state index is 9.10. The zero-order valence-corrected chi connectivity index (χ0v) is 19.9. The van der Waals surface area contributed by atoms with Gasteiger partial charge < -0.3 is 25.3 Å². The second-order valence-corrected chi connectivity index (χ2v) is 9.11. The third-order valence-electron chi connectivity index (χ3n) is 6.76. The second kappa shape index (κ2) is 13.1. The summed E-state index contributed by atoms with van der Waals surface area (Å²) in [5, 5.41) is 14.8. The molecule has 1 aliphatic carbocycles. The highest BCUT2D eigenvalue weighted by Crippen LogP contribution is 2.53. The van der Waals surface area contributed by atoms with Crippen molar-refractivity contribution in [2.45, 2.75) is 62.9 Å². The minimum atomic E-state index is -1.82. The lowest BCUT2D eigenvalue weighted by Gasteiger charge is -2.39. The van der Waals surface area contributed by atoms with Gasteiger partial charge in [-0.15, -0.1) is 0 Å². The molecule has 2 aromatic carbocycles. The molecule has 2 aromatic rings. The molecule has 2 aliphatic rings. The van der Waals surface area contributed by atoms with Gasteiger partial charge in [0.25, 0.3) is 0 Å². The van der Waals surface area contributed by atoms with Gasteiger partial charge in [0.15, 0.2) is 0 Å². The number of benzene rings is 2. The van der Waals surface area contributed by atoms with Crippen molar-refractivity contribution >= 4 is 11.9 Å². The number of fused-ring (bicyclic) bond motifs is 3. The Morgan fingerprint density at radius 1 is 0.971 bits per heavy atom. The molecule has 0 aromatic heterocycles. The highest BCUT2D eigenvalue weighted by molar-refractivity contribution is 6.27. The normalized spacial score (nSPS) is 20.1. The first-order valence-electron chi connectivity index (χ1n) is 11.9. The lowest BCUT2D eigenvalue weighted by molar-refractivity contribution is -0.159. The van der Waals surface area contributed by atoms with Gasteiger partial charge in [-0.3, -0.25) is 0 Å². The number of hydrogen-bond donors (Lipinski definition) is 2. The van der Waals surface area contributed by atoms with Crippen LogP contribution in [-0.4, -0.2) is 58.3 Å². The lowest BCUT2D eigenvalue weighted by Crippen LogP contribution is -2.41. The van der Waals surface area contributed by atoms with Crippen LogP contribution in [0, 0.1) is 0 Å². The summed E-state index contributed by atoms with van der Waals surface area (Å²) in [6.07, 6.45) is 10.0. The summed E-state index contributed by atoms with van der Waals surface area (Å²) in [6, 6.07) is 19.6. The Morgan fingerprint density at radius 2 is 1.62 bits per heavy atom. The predicted molar refractivity (Wildman–Crippen MR) is 131 cm³/mol. The van der Waals surface area contributed by atoms with Gasteiger partial charge in [-0.05, 0) is 76.7 Å². The Hall–Kier alpha value is -2.90. The largest absolute Gasteiger partial charge is 0.486 e. The standard InChI is InChI=1S/C25H33NO.C2H2O4.H2O/c1-26(19-9-13-21-11-3-2-4-12-21)20-10-18-25-17-8-7-15-23(25)22-14-5-6-16-24(22)27-25;3-1(4)2(5)6;/h2-6,11-12,14,16,23H,7-10,13,15,17-20H2,1H3;(H,3,4)(H,5,6);1H2/t23-,25+;;/m1../s1. The Labute approximate surface area is 201 Å². The number of rotatable bonds is 8. The first kappa shape index (κ1) is 27.3. The molecule has 0 bridgehead atoms. The summed E-state index contributed by atoms with van der Waals surface area (Å²) in [6.45, 7) is 2.34. The molecule has 7 heteroatoms. The second-order valence-electron chi connectivity index (χ2n) is 9.11. The van der Waals surface area contributed by atoms with Crippen LogP contribution in [0.1, 0.15) is 62.0 Å². The first-order valence-corrected chi connectivity index (χ1v) is 11.9. The Kier molecular flexibility index (Phi) is 10.5. The Bertz CT molecular complexity index is 906. The molecular weight excluding hydrogens is 434 g/mol. The van der Waals surface area contributed by atoms with Crippen LogP contribution in [0.3, 0.4) is 0 Å². The summed E-state index contributed by atoms with van der Waals surface area (Å²) in [7, 11) is 2.27. The molecule has 2 atom stereocenters. The van der Waals surface area contributed by atoms with E-state index in [1.54, 1.807) is 0 Å². The quantitative estimate of drug-likeness (QED) is 0.558. The van der Waals surface area contributed by atoms with Crippen molar-refractivity contribution in [3.05, 3.63) is 65.7 Å². The fourth-order valence-electron chi connectivity index (χ4n) is 5.16. The number of carboxylic acid groups (broad SMARTS) is 2. The zero-order chi connectivity index (χ0) is 23.7. The van der Waals surface area contributed by atoms with Crippen LogP contribution >= 0.6 is 0 Å². The molecule has 7 nitrogen and oxygen atoms in total. The Balaban J connectivity index is 0.000000521. The molecule has 4 rings (SSSR count). The maximum Gasteiger partial charge on any atom is 0.414 e. The minimum Gasteiger partial charge on any atom is -0.486 e. The van der Waals surface area contributed by atoms with Crippen molar-refractivity contribution in [3.8, 4) is 5.75 Å². The monoisotopic (exact) mass is 471 g/mol. The van der Waals surface area contributed by atoms with Crippen LogP contribution in [0.5, 0.6) is 5.75 Å². The molecule has 1 aliphatic heterocycles. The topological polar surface area (TPSA) is 119 Å². The number of nitrogens with zero attached hydrogens (tertiary/aromatic N) is 1. The lowest BCUT2D eigenvalue weighted by atomic mass is 9.71. The minimum absolute atomic E-state index is 0. The molecule has 186 valence electrons. The summed E-state index contributed by atoms with van der Waals surface area (Å²) < 4.78 is 6.60. The average Bonchev–Trinajstić information content (AvgIpc) is 3.14. The molecule has 1 fully saturated rings. The van der Waals surface area contributed by atoms with E-state index in [0.717, 1.165) is 5.75 Å². The molecule has 0 saturated heterocycles. The smallest absolute Gasteiger partial charge is 0.414 e. The van der Waals surface area contributed by atoms with Crippen LogP contribution in [-0.2, 0) is 16.0 Å². The number of para-hydroxylation sites is 1. The van der Waals surface area contributed by atoms with Crippen molar-refractivity contribution in [1.29, 1.82) is 0 Å². The fraction of sp³-hybridized carbons (Fsp3) is 0.481. The molecule has 1 heterocycles. The molecule has 4 N–H and O–H groups in total. The van der Waals surface area contributed by atoms with Gasteiger partial charge in [0, 0.05) is 11.5 Å². The van der Waals surface area contributed by atoms with Gasteiger partial charge in [-0.2, -0.15) is 0 Å². The summed E-state index contributed by atoms with van der Waals surface area (Å²) in [5.74, 6) is -1.88. The van der Waals surface area contributed by atoms with E-state index in [1.807, 2.05) is 0 Å². The van der Waals surface area contributed by atoms with Crippen LogP contribution in [0.4, 0.5) is 0 Å². The van der Waals surface area contributed by atoms with E-state index in [-0.39, 0.29) is 11.1 Å². The van der Waals surface area contributed by atoms with Gasteiger partial charge in [-0.25, -0.2) is 9.59 Å². The molecule has 0 spiro atoms. The van der Waals surface area contributed by atoms with Gasteiger partial charge in [-0.1, -0.05) is 55.0 Å². The van der Waals surface area contributed by atoms with Crippen molar-refractivity contribution in [2.24, 2.45) is 0 Å². The summed E-state index contributed by atoms with van der Waals surface area (Å²) in [5.41, 5.74) is 2.99. The molecular formula is C27H37NO6. The Morgan fingerprint density at radius 3 is 2.32 bits per heavy atom. The zero-order valence-electron chi connectivity index (χ0n) is 19.9. The van der Waals surface area contributed by atoms with Crippen LogP contribution < -0.4 is 4.74 Å². The number of hydrogen-bond acceptors (Lipinski definition) is 4. The third-order valence-corrected chi connectivity index (χ3v) is 6.76. The van der Waals surface area contributed by atoms with Crippen LogP contribution in [0.15, 0.2) is 54.6 Å². The number of ether oxygens (including phenoxy) is 1. The van der Waals surface area contributed by atoms with Gasteiger partial charge >= 0.3 is 11.9 Å². The molecule has 0 radical (unpaired) electrons. The van der Waals surface area contributed by atoms with Gasteiger partial charge in [0.1, 0.15) is 11.4 Å². The van der Waals surface area contributed by atoms with E-state index < -0.39 is 11.9 Å². The van der Waals surface area contributed by atoms with E-state index >= 15 is 0 Å². The van der Waals surface area contributed by atoms with Crippen LogP contribution in [0.2, 0.25) is 0 Å². The summed E-state index contributed by atoms with van der Waals surface area (Å²) >= 11 is 0. The van der Waals surface area contributed by atoms with Crippen molar-refractivity contribution in [2.75, 3.05) is 20.1 Å². The molecule has 0 amide bonds. The van der Waals surface area contributed by atoms with E-state index in [4.69, 9.17) is 24.5 Å². The highest BCUT2D eigenvalue weighted by atomic mass is 16.5. The third kappa shape index (κ3) is 7.30. The first-order chi connectivity index (χ1) is 15.9. The molecule has 34 heavy (non-hydrogen) atoms. The predicted octanol–water partition coefficient (Wildman–Crippen LogP) is 4.15. The highest BCUT2D eigenvalue weighted by Gasteiger charge is 2.48. The van der Waals surface area contributed by atoms with E-state index in [0.29, 0.717) is 5.92 Å². The van der Waals surface area contributed by atoms with Crippen molar-refractivity contribution in [1.82, 2.24) is 4.90 Å². The van der Waals surface area contributed by atoms with Crippen LogP contribution in [0.25, 0.3) is 0 Å². The molecule has 0 unspecified atom stereocenters. The fourth-order valence-corrected chi connectivity index (χ4v) is 5.16. The number of aliphatic carboxylic acids is 2. The maximum absolute atomic E-state index is 9.10. The van der Waals surface area contributed by atoms with E-state index in [1.165, 1.54) is 75.6 Å². The number of carboxylic acids is 2. The van der Waals surface area contributed by atoms with Crippen molar-refractivity contribution < 1.29 is 30.0 Å². The van der Waals surface area contributed by atoms with E-state index in [9.17, 15) is 0 Å². The SMILES string of the molecule is CN(CCCc1ccccc1)CCC[C@@]12CCCC[C@@H]1c1ccccc1O2.O.O=C(O)C(=O)O. The average molecular weight is 472 g/mol. The van der Waals surface area contributed by atoms with Gasteiger partial charge in [0.05, 0.1) is 0 Å². The number of carbonyl (C=O) groups is 2. The van der Waals surface area contributed by atoms with Gasteiger partial charge in [0.2, 0.25) is 0 Å². The van der Waals surface area contributed by atoms with Crippen molar-refractivity contribution in [3.63, 3.8) is 0 Å². The van der Waals surface area contributed by atoms with E-state index in [2.05, 4.69) is 66.5 Å². The molecule has 1 saturated carbocycles. The summed E-state index contributed by atoms with van der Waals surface area (Å²) in [4.78, 5) is 20.7.